The number of benzene rings is 3. The van der Waals surface area contributed by atoms with Crippen LogP contribution in [0.25, 0.3) is 10.8 Å². The van der Waals surface area contributed by atoms with E-state index < -0.39 is 5.82 Å². The standard InChI is InChI=1S/C31H37FN4O3/c1-23(37)35-17-15-34(16-18-35)12-7-19-39-30-11-10-29(27-8-3-4-9-28(27)30)33-31(38)24-20-25(32)22-26(21-24)36-13-5-2-6-14-36/h3-4,8-11,20-22H,2,5-7,12-19H2,1H3,(H,33,38). The zero-order valence-electron chi connectivity index (χ0n) is 22.6. The third-order valence-corrected chi connectivity index (χ3v) is 7.69. The molecule has 2 saturated heterocycles. The van der Waals surface area contributed by atoms with E-state index >= 15 is 0 Å². The number of nitrogens with zero attached hydrogens (tertiary/aromatic N) is 3. The van der Waals surface area contributed by atoms with Crippen LogP contribution in [-0.2, 0) is 4.79 Å². The van der Waals surface area contributed by atoms with Gasteiger partial charge in [-0.25, -0.2) is 4.39 Å². The summed E-state index contributed by atoms with van der Waals surface area (Å²) in [6.07, 6.45) is 4.23. The molecule has 0 aromatic heterocycles. The minimum atomic E-state index is -0.405. The van der Waals surface area contributed by atoms with Gasteiger partial charge in [-0.05, 0) is 56.0 Å². The first-order valence-electron chi connectivity index (χ1n) is 14.0. The number of nitrogens with one attached hydrogen (secondary N) is 1. The van der Waals surface area contributed by atoms with Crippen LogP contribution in [0.2, 0.25) is 0 Å². The molecule has 2 amide bonds. The van der Waals surface area contributed by atoms with E-state index in [2.05, 4.69) is 15.1 Å². The molecule has 5 rings (SSSR count). The number of carbonyl (C=O) groups is 2. The number of carbonyl (C=O) groups excluding carboxylic acids is 2. The van der Waals surface area contributed by atoms with E-state index in [0.717, 1.165) is 87.3 Å². The molecule has 206 valence electrons. The average molecular weight is 533 g/mol. The lowest BCUT2D eigenvalue weighted by Crippen LogP contribution is -2.48. The zero-order valence-corrected chi connectivity index (χ0v) is 22.6. The van der Waals surface area contributed by atoms with Crippen LogP contribution in [0.4, 0.5) is 15.8 Å². The third kappa shape index (κ3) is 6.68. The highest BCUT2D eigenvalue weighted by Gasteiger charge is 2.19. The van der Waals surface area contributed by atoms with Crippen LogP contribution in [0, 0.1) is 5.82 Å². The topological polar surface area (TPSA) is 65.1 Å². The van der Waals surface area contributed by atoms with Gasteiger partial charge >= 0.3 is 0 Å². The Balaban J connectivity index is 1.22. The summed E-state index contributed by atoms with van der Waals surface area (Å²) in [4.78, 5) is 31.1. The summed E-state index contributed by atoms with van der Waals surface area (Å²) in [6.45, 7) is 8.23. The van der Waals surface area contributed by atoms with E-state index in [1.165, 1.54) is 18.6 Å². The molecule has 2 fully saturated rings. The molecule has 0 aliphatic carbocycles. The number of hydrogen-bond acceptors (Lipinski definition) is 5. The maximum Gasteiger partial charge on any atom is 0.255 e. The third-order valence-electron chi connectivity index (χ3n) is 7.69. The Kier molecular flexibility index (Phi) is 8.61. The van der Waals surface area contributed by atoms with Crippen LogP contribution < -0.4 is 15.0 Å². The second-order valence-corrected chi connectivity index (χ2v) is 10.4. The van der Waals surface area contributed by atoms with Crippen LogP contribution in [0.15, 0.2) is 54.6 Å². The molecular weight excluding hydrogens is 495 g/mol. The molecule has 8 heteroatoms. The number of fused-ring (bicyclic) bond motifs is 1. The van der Waals surface area contributed by atoms with E-state index in [-0.39, 0.29) is 11.8 Å². The Morgan fingerprint density at radius 1 is 0.897 bits per heavy atom. The Labute approximate surface area is 229 Å². The van der Waals surface area contributed by atoms with Gasteiger partial charge in [0.05, 0.1) is 6.61 Å². The Bertz CT molecular complexity index is 1320. The van der Waals surface area contributed by atoms with Crippen LogP contribution >= 0.6 is 0 Å². The Hall–Kier alpha value is -3.65. The number of anilines is 2. The SMILES string of the molecule is CC(=O)N1CCN(CCCOc2ccc(NC(=O)c3cc(F)cc(N4CCCCC4)c3)c3ccccc23)CC1. The van der Waals surface area contributed by atoms with Crippen molar-refractivity contribution in [1.29, 1.82) is 0 Å². The molecule has 0 unspecified atom stereocenters. The summed E-state index contributed by atoms with van der Waals surface area (Å²) in [5.74, 6) is 0.166. The monoisotopic (exact) mass is 532 g/mol. The predicted molar refractivity (Wildman–Crippen MR) is 153 cm³/mol. The largest absolute Gasteiger partial charge is 0.493 e. The second kappa shape index (κ2) is 12.5. The fraction of sp³-hybridized carbons (Fsp3) is 0.419. The lowest BCUT2D eigenvalue weighted by molar-refractivity contribution is -0.130. The zero-order chi connectivity index (χ0) is 27.2. The number of amides is 2. The predicted octanol–water partition coefficient (Wildman–Crippen LogP) is 5.15. The molecule has 3 aromatic carbocycles. The molecule has 2 aliphatic heterocycles. The Morgan fingerprint density at radius 3 is 2.38 bits per heavy atom. The van der Waals surface area contributed by atoms with Crippen molar-refractivity contribution in [1.82, 2.24) is 9.80 Å². The van der Waals surface area contributed by atoms with Gasteiger partial charge in [0, 0.05) is 80.4 Å². The molecular formula is C31H37FN4O3. The first kappa shape index (κ1) is 26.9. The van der Waals surface area contributed by atoms with Crippen LogP contribution in [0.1, 0.15) is 43.0 Å². The van der Waals surface area contributed by atoms with Crippen molar-refractivity contribution in [2.45, 2.75) is 32.6 Å². The molecule has 3 aromatic rings. The highest BCUT2D eigenvalue weighted by Crippen LogP contribution is 2.32. The van der Waals surface area contributed by atoms with Gasteiger partial charge in [-0.1, -0.05) is 24.3 Å². The number of piperidine rings is 1. The molecule has 39 heavy (non-hydrogen) atoms. The van der Waals surface area contributed by atoms with Crippen LogP contribution in [0.5, 0.6) is 5.75 Å². The van der Waals surface area contributed by atoms with Crippen molar-refractivity contribution >= 4 is 34.0 Å². The van der Waals surface area contributed by atoms with Crippen molar-refractivity contribution in [3.05, 3.63) is 66.0 Å². The van der Waals surface area contributed by atoms with E-state index in [9.17, 15) is 14.0 Å². The molecule has 7 nitrogen and oxygen atoms in total. The second-order valence-electron chi connectivity index (χ2n) is 10.4. The first-order chi connectivity index (χ1) is 19.0. The van der Waals surface area contributed by atoms with Crippen molar-refractivity contribution < 1.29 is 18.7 Å². The summed E-state index contributed by atoms with van der Waals surface area (Å²) >= 11 is 0. The van der Waals surface area contributed by atoms with Crippen molar-refractivity contribution in [2.24, 2.45) is 0 Å². The Morgan fingerprint density at radius 2 is 1.64 bits per heavy atom. The van der Waals surface area contributed by atoms with Gasteiger partial charge < -0.3 is 19.9 Å². The summed E-state index contributed by atoms with van der Waals surface area (Å²) in [6, 6.07) is 16.1. The normalized spacial score (nSPS) is 16.4. The van der Waals surface area contributed by atoms with E-state index in [1.807, 2.05) is 41.3 Å². The van der Waals surface area contributed by atoms with Crippen molar-refractivity contribution in [3.63, 3.8) is 0 Å². The molecule has 0 saturated carbocycles. The van der Waals surface area contributed by atoms with E-state index in [0.29, 0.717) is 17.9 Å². The number of hydrogen-bond donors (Lipinski definition) is 1. The van der Waals surface area contributed by atoms with Gasteiger partial charge in [0.2, 0.25) is 5.91 Å². The minimum Gasteiger partial charge on any atom is -0.493 e. The molecule has 1 N–H and O–H groups in total. The van der Waals surface area contributed by atoms with Gasteiger partial charge in [0.1, 0.15) is 11.6 Å². The quantitative estimate of drug-likeness (QED) is 0.407. The van der Waals surface area contributed by atoms with E-state index in [1.54, 1.807) is 13.0 Å². The first-order valence-corrected chi connectivity index (χ1v) is 14.0. The average Bonchev–Trinajstić information content (AvgIpc) is 2.96. The molecule has 0 radical (unpaired) electrons. The molecule has 2 heterocycles. The van der Waals surface area contributed by atoms with Gasteiger partial charge in [0.25, 0.3) is 5.91 Å². The summed E-state index contributed by atoms with van der Waals surface area (Å²) < 4.78 is 20.6. The lowest BCUT2D eigenvalue weighted by Gasteiger charge is -2.34. The maximum absolute atomic E-state index is 14.5. The van der Waals surface area contributed by atoms with Crippen molar-refractivity contribution in [3.8, 4) is 5.75 Å². The number of ether oxygens (including phenoxy) is 1. The fourth-order valence-electron chi connectivity index (χ4n) is 5.50. The van der Waals surface area contributed by atoms with Crippen LogP contribution in [0.3, 0.4) is 0 Å². The number of rotatable bonds is 8. The van der Waals surface area contributed by atoms with E-state index in [4.69, 9.17) is 4.74 Å². The smallest absolute Gasteiger partial charge is 0.255 e. The fourth-order valence-corrected chi connectivity index (χ4v) is 5.50. The lowest BCUT2D eigenvalue weighted by atomic mass is 10.1. The highest BCUT2D eigenvalue weighted by molar-refractivity contribution is 6.10. The van der Waals surface area contributed by atoms with Gasteiger partial charge in [-0.15, -0.1) is 0 Å². The highest BCUT2D eigenvalue weighted by atomic mass is 19.1. The number of halogens is 1. The summed E-state index contributed by atoms with van der Waals surface area (Å²) in [5.41, 5.74) is 1.73. The summed E-state index contributed by atoms with van der Waals surface area (Å²) in [5, 5.41) is 4.78. The van der Waals surface area contributed by atoms with Crippen LogP contribution in [-0.4, -0.2) is 74.0 Å². The minimum absolute atomic E-state index is 0.141. The summed E-state index contributed by atoms with van der Waals surface area (Å²) in [7, 11) is 0. The molecule has 0 atom stereocenters. The molecule has 2 aliphatic rings. The maximum atomic E-state index is 14.5. The van der Waals surface area contributed by atoms with Gasteiger partial charge in [-0.2, -0.15) is 0 Å². The molecule has 0 spiro atoms. The van der Waals surface area contributed by atoms with Gasteiger partial charge in [0.15, 0.2) is 0 Å². The van der Waals surface area contributed by atoms with Crippen molar-refractivity contribution in [2.75, 3.05) is 62.6 Å². The number of piperazine rings is 1. The molecule has 0 bridgehead atoms. The van der Waals surface area contributed by atoms with Gasteiger partial charge in [-0.3, -0.25) is 14.5 Å².